The molecule has 1 heterocycles. The average molecular weight is 160 g/mol. The molecule has 2 N–H and O–H groups in total. The molecule has 0 aliphatic carbocycles. The maximum absolute atomic E-state index is 5.42. The maximum Gasteiger partial charge on any atom is 0.166 e. The Hall–Kier alpha value is -0.350. The van der Waals surface area contributed by atoms with Gasteiger partial charge in [0.15, 0.2) is 5.11 Å². The van der Waals surface area contributed by atoms with Crippen LogP contribution in [0.2, 0.25) is 0 Å². The molecule has 0 amide bonds. The van der Waals surface area contributed by atoms with Crippen molar-refractivity contribution >= 4 is 17.3 Å². The van der Waals surface area contributed by atoms with Gasteiger partial charge >= 0.3 is 0 Å². The van der Waals surface area contributed by atoms with Gasteiger partial charge in [-0.1, -0.05) is 0 Å². The molecule has 1 aliphatic rings. The summed E-state index contributed by atoms with van der Waals surface area (Å²) in [7, 11) is 1.90. The Kier molecular flexibility index (Phi) is 2.45. The van der Waals surface area contributed by atoms with E-state index in [0.29, 0.717) is 11.2 Å². The normalized spacial score (nSPS) is 24.7. The quantitative estimate of drug-likeness (QED) is 0.546. The lowest BCUT2D eigenvalue weighted by atomic mass is 10.2. The van der Waals surface area contributed by atoms with E-state index in [1.54, 1.807) is 0 Å². The Morgan fingerprint density at radius 3 is 2.90 bits per heavy atom. The van der Waals surface area contributed by atoms with Gasteiger partial charge in [0.1, 0.15) is 0 Å². The number of thiocarbonyl (C=S) groups is 1. The van der Waals surface area contributed by atoms with E-state index in [4.69, 9.17) is 22.7 Å². The molecule has 0 bridgehead atoms. The topological polar surface area (TPSA) is 38.5 Å². The fourth-order valence-electron chi connectivity index (χ4n) is 1.01. The van der Waals surface area contributed by atoms with E-state index in [0.717, 1.165) is 19.6 Å². The van der Waals surface area contributed by atoms with Crippen LogP contribution in [0, 0.1) is 0 Å². The predicted octanol–water partition coefficient (Wildman–Crippen LogP) is -0.0493. The van der Waals surface area contributed by atoms with Crippen molar-refractivity contribution in [2.24, 2.45) is 5.73 Å². The van der Waals surface area contributed by atoms with E-state index in [1.165, 1.54) is 0 Å². The number of nitrogens with zero attached hydrogens (tertiary/aromatic N) is 1. The molecule has 10 heavy (non-hydrogen) atoms. The van der Waals surface area contributed by atoms with E-state index in [1.807, 2.05) is 11.9 Å². The van der Waals surface area contributed by atoms with Crippen LogP contribution in [-0.2, 0) is 4.74 Å². The number of likely N-dealkylation sites (N-methyl/N-ethyl adjacent to an activating group) is 1. The van der Waals surface area contributed by atoms with Crippen molar-refractivity contribution < 1.29 is 4.74 Å². The minimum atomic E-state index is 0.400. The summed E-state index contributed by atoms with van der Waals surface area (Å²) in [6.07, 6.45) is 1.04. The van der Waals surface area contributed by atoms with Gasteiger partial charge in [0.2, 0.25) is 0 Å². The van der Waals surface area contributed by atoms with Crippen LogP contribution in [0.5, 0.6) is 0 Å². The van der Waals surface area contributed by atoms with Gasteiger partial charge in [0, 0.05) is 13.7 Å². The van der Waals surface area contributed by atoms with E-state index in [2.05, 4.69) is 0 Å². The van der Waals surface area contributed by atoms with Gasteiger partial charge in [0.25, 0.3) is 0 Å². The first-order chi connectivity index (χ1) is 4.72. The second-order valence-electron chi connectivity index (χ2n) is 2.47. The Bertz CT molecular complexity index is 134. The first-order valence-corrected chi connectivity index (χ1v) is 3.72. The fourth-order valence-corrected chi connectivity index (χ4v) is 1.16. The van der Waals surface area contributed by atoms with Gasteiger partial charge in [-0.05, 0) is 18.6 Å². The lowest BCUT2D eigenvalue weighted by molar-refractivity contribution is 0.179. The molecule has 1 aliphatic heterocycles. The zero-order valence-corrected chi connectivity index (χ0v) is 6.86. The largest absolute Gasteiger partial charge is 0.379 e. The number of rotatable bonds is 1. The van der Waals surface area contributed by atoms with E-state index < -0.39 is 0 Å². The van der Waals surface area contributed by atoms with Gasteiger partial charge in [0.05, 0.1) is 12.6 Å². The minimum absolute atomic E-state index is 0.400. The van der Waals surface area contributed by atoms with Crippen molar-refractivity contribution in [1.29, 1.82) is 0 Å². The van der Waals surface area contributed by atoms with E-state index >= 15 is 0 Å². The van der Waals surface area contributed by atoms with Crippen molar-refractivity contribution in [1.82, 2.24) is 4.90 Å². The average Bonchev–Trinajstić information content (AvgIpc) is 2.36. The van der Waals surface area contributed by atoms with Gasteiger partial charge in [-0.2, -0.15) is 0 Å². The smallest absolute Gasteiger partial charge is 0.166 e. The van der Waals surface area contributed by atoms with Crippen molar-refractivity contribution in [3.63, 3.8) is 0 Å². The molecule has 4 heteroatoms. The molecule has 0 spiro atoms. The molecular weight excluding hydrogens is 148 g/mol. The van der Waals surface area contributed by atoms with Crippen LogP contribution >= 0.6 is 12.2 Å². The van der Waals surface area contributed by atoms with Gasteiger partial charge in [-0.25, -0.2) is 0 Å². The molecule has 0 saturated carbocycles. The summed E-state index contributed by atoms with van der Waals surface area (Å²) in [4.78, 5) is 1.89. The van der Waals surface area contributed by atoms with Crippen LogP contribution < -0.4 is 5.73 Å². The standard InChI is InChI=1S/C6H12N2OS/c1-8(6(7)10)5-2-3-9-4-5/h5H,2-4H2,1H3,(H2,7,10). The highest BCUT2D eigenvalue weighted by Gasteiger charge is 2.20. The second-order valence-corrected chi connectivity index (χ2v) is 2.88. The van der Waals surface area contributed by atoms with Crippen LogP contribution in [0.3, 0.4) is 0 Å². The molecule has 0 aromatic carbocycles. The first kappa shape index (κ1) is 7.75. The predicted molar refractivity (Wildman–Crippen MR) is 43.8 cm³/mol. The first-order valence-electron chi connectivity index (χ1n) is 3.32. The number of hydrogen-bond donors (Lipinski definition) is 1. The summed E-state index contributed by atoms with van der Waals surface area (Å²) in [5, 5.41) is 0.454. The van der Waals surface area contributed by atoms with Gasteiger partial charge in [-0.3, -0.25) is 0 Å². The second kappa shape index (κ2) is 3.16. The van der Waals surface area contributed by atoms with Gasteiger partial charge in [-0.15, -0.1) is 0 Å². The zero-order chi connectivity index (χ0) is 7.56. The third-order valence-corrected chi connectivity index (χ3v) is 2.09. The van der Waals surface area contributed by atoms with E-state index in [-0.39, 0.29) is 0 Å². The van der Waals surface area contributed by atoms with E-state index in [9.17, 15) is 0 Å². The van der Waals surface area contributed by atoms with Crippen molar-refractivity contribution in [2.75, 3.05) is 20.3 Å². The molecule has 1 unspecified atom stereocenters. The minimum Gasteiger partial charge on any atom is -0.379 e. The SMILES string of the molecule is CN(C(N)=S)C1CCOC1. The summed E-state index contributed by atoms with van der Waals surface area (Å²) in [6, 6.07) is 0.400. The van der Waals surface area contributed by atoms with Crippen LogP contribution in [0.15, 0.2) is 0 Å². The molecule has 1 fully saturated rings. The summed E-state index contributed by atoms with van der Waals surface area (Å²) in [5.74, 6) is 0. The molecule has 0 radical (unpaired) electrons. The lowest BCUT2D eigenvalue weighted by Gasteiger charge is -2.22. The highest BCUT2D eigenvalue weighted by molar-refractivity contribution is 7.80. The summed E-state index contributed by atoms with van der Waals surface area (Å²) >= 11 is 4.80. The number of ether oxygens (including phenoxy) is 1. The molecule has 0 aromatic heterocycles. The molecule has 1 atom stereocenters. The van der Waals surface area contributed by atoms with Gasteiger partial charge < -0.3 is 15.4 Å². The Morgan fingerprint density at radius 2 is 2.50 bits per heavy atom. The monoisotopic (exact) mass is 160 g/mol. The zero-order valence-electron chi connectivity index (χ0n) is 6.04. The molecule has 0 aromatic rings. The third kappa shape index (κ3) is 1.58. The molecule has 3 nitrogen and oxygen atoms in total. The van der Waals surface area contributed by atoms with Crippen LogP contribution in [0.1, 0.15) is 6.42 Å². The summed E-state index contributed by atoms with van der Waals surface area (Å²) in [6.45, 7) is 1.59. The number of nitrogens with two attached hydrogens (primary N) is 1. The lowest BCUT2D eigenvalue weighted by Crippen LogP contribution is -2.40. The summed E-state index contributed by atoms with van der Waals surface area (Å²) < 4.78 is 5.17. The van der Waals surface area contributed by atoms with Crippen molar-refractivity contribution in [2.45, 2.75) is 12.5 Å². The molecular formula is C6H12N2OS. The van der Waals surface area contributed by atoms with Crippen molar-refractivity contribution in [3.05, 3.63) is 0 Å². The van der Waals surface area contributed by atoms with Crippen molar-refractivity contribution in [3.8, 4) is 0 Å². The summed E-state index contributed by atoms with van der Waals surface area (Å²) in [5.41, 5.74) is 5.42. The Balaban J connectivity index is 2.39. The Morgan fingerprint density at radius 1 is 1.80 bits per heavy atom. The fraction of sp³-hybridized carbons (Fsp3) is 0.833. The third-order valence-electron chi connectivity index (χ3n) is 1.80. The highest BCUT2D eigenvalue weighted by Crippen LogP contribution is 2.09. The number of hydrogen-bond acceptors (Lipinski definition) is 2. The molecule has 1 saturated heterocycles. The molecule has 1 rings (SSSR count). The maximum atomic E-state index is 5.42. The van der Waals surface area contributed by atoms with Crippen LogP contribution in [0.25, 0.3) is 0 Å². The molecule has 58 valence electrons. The van der Waals surface area contributed by atoms with Crippen LogP contribution in [0.4, 0.5) is 0 Å². The Labute approximate surface area is 66.1 Å². The van der Waals surface area contributed by atoms with Crippen LogP contribution in [-0.4, -0.2) is 36.3 Å². The highest BCUT2D eigenvalue weighted by atomic mass is 32.1.